The first kappa shape index (κ1) is 30.1. The van der Waals surface area contributed by atoms with Crippen LogP contribution < -0.4 is 20.1 Å². The van der Waals surface area contributed by atoms with Crippen molar-refractivity contribution in [3.8, 4) is 5.75 Å². The van der Waals surface area contributed by atoms with E-state index in [1.807, 2.05) is 25.6 Å². The van der Waals surface area contributed by atoms with Gasteiger partial charge < -0.3 is 15.3 Å². The molecular formula is C28H42N4O4S2. The van der Waals surface area contributed by atoms with Gasteiger partial charge in [-0.3, -0.25) is 9.52 Å². The highest BCUT2D eigenvalue weighted by Crippen LogP contribution is 2.46. The Morgan fingerprint density at radius 1 is 1.21 bits per heavy atom. The third-order valence-electron chi connectivity index (χ3n) is 7.15. The summed E-state index contributed by atoms with van der Waals surface area (Å²) in [5, 5.41) is 18.5. The van der Waals surface area contributed by atoms with Crippen molar-refractivity contribution in [3.63, 3.8) is 0 Å². The van der Waals surface area contributed by atoms with Gasteiger partial charge >= 0.3 is 0 Å². The number of nitrogens with two attached hydrogens (primary N) is 1. The lowest BCUT2D eigenvalue weighted by atomic mass is 9.81. The molecule has 0 bridgehead atoms. The predicted octanol–water partition coefficient (Wildman–Crippen LogP) is 4.52. The molecule has 0 aliphatic carbocycles. The maximum Gasteiger partial charge on any atom is 0.296 e. The first-order chi connectivity index (χ1) is 17.8. The van der Waals surface area contributed by atoms with Crippen molar-refractivity contribution in [1.82, 2.24) is 5.32 Å². The van der Waals surface area contributed by atoms with Gasteiger partial charge in [-0.25, -0.2) is 5.14 Å². The molecule has 2 aromatic carbocycles. The first-order valence-corrected chi connectivity index (χ1v) is 15.9. The summed E-state index contributed by atoms with van der Waals surface area (Å²) in [5.41, 5.74) is 5.66. The summed E-state index contributed by atoms with van der Waals surface area (Å²) >= 11 is 1.92. The fourth-order valence-electron chi connectivity index (χ4n) is 5.32. The van der Waals surface area contributed by atoms with Crippen LogP contribution >= 0.6 is 11.8 Å². The zero-order chi connectivity index (χ0) is 28.3. The van der Waals surface area contributed by atoms with Crippen LogP contribution in [0.1, 0.15) is 66.7 Å². The number of carbonyl (C=O) groups excluding carboxylic acids is 1. The molecule has 1 unspecified atom stereocenters. The molecule has 5 N–H and O–H groups in total. The van der Waals surface area contributed by atoms with Gasteiger partial charge in [0.2, 0.25) is 0 Å². The number of hydrogen-bond donors (Lipinski definition) is 4. The average Bonchev–Trinajstić information content (AvgIpc) is 3.20. The fraction of sp³-hybridized carbons (Fsp3) is 0.536. The maximum atomic E-state index is 12.8. The third kappa shape index (κ3) is 6.95. The molecule has 3 rings (SSSR count). The number of benzene rings is 2. The molecular weight excluding hydrogens is 520 g/mol. The Kier molecular flexibility index (Phi) is 9.65. The summed E-state index contributed by atoms with van der Waals surface area (Å²) in [6, 6.07) is 6.82. The van der Waals surface area contributed by atoms with Crippen molar-refractivity contribution in [2.45, 2.75) is 66.8 Å². The quantitative estimate of drug-likeness (QED) is 0.302. The molecule has 1 aliphatic heterocycles. The van der Waals surface area contributed by atoms with Gasteiger partial charge in [0.05, 0.1) is 11.3 Å². The number of nitrogens with zero attached hydrogens (tertiary/aromatic N) is 1. The van der Waals surface area contributed by atoms with Gasteiger partial charge in [0.25, 0.3) is 16.1 Å². The van der Waals surface area contributed by atoms with Crippen LogP contribution in [0.5, 0.6) is 5.75 Å². The molecule has 10 heteroatoms. The lowest BCUT2D eigenvalue weighted by Crippen LogP contribution is -2.37. The minimum atomic E-state index is -3.96. The zero-order valence-electron chi connectivity index (χ0n) is 23.3. The second-order valence-corrected chi connectivity index (χ2v) is 13.4. The molecule has 0 aromatic heterocycles. The van der Waals surface area contributed by atoms with Crippen LogP contribution in [0.4, 0.5) is 11.4 Å². The van der Waals surface area contributed by atoms with Crippen LogP contribution in [0.25, 0.3) is 0 Å². The van der Waals surface area contributed by atoms with E-state index in [9.17, 15) is 18.3 Å². The number of phenolic OH excluding ortho intramolecular Hbond substituents is 1. The molecule has 8 nitrogen and oxygen atoms in total. The van der Waals surface area contributed by atoms with E-state index < -0.39 is 10.2 Å². The number of nitrogens with one attached hydrogen (secondary N) is 2. The van der Waals surface area contributed by atoms with Gasteiger partial charge in [-0.2, -0.15) is 20.2 Å². The predicted molar refractivity (Wildman–Crippen MR) is 159 cm³/mol. The minimum Gasteiger partial charge on any atom is -0.507 e. The van der Waals surface area contributed by atoms with Gasteiger partial charge in [0, 0.05) is 30.6 Å². The Bertz CT molecular complexity index is 1280. The van der Waals surface area contributed by atoms with Crippen LogP contribution in [-0.2, 0) is 23.1 Å². The van der Waals surface area contributed by atoms with Crippen molar-refractivity contribution >= 4 is 39.3 Å². The number of carbonyl (C=O) groups is 1. The number of hydrogen-bond acceptors (Lipinski definition) is 6. The van der Waals surface area contributed by atoms with Crippen LogP contribution in [0, 0.1) is 19.3 Å². The van der Waals surface area contributed by atoms with E-state index in [1.54, 1.807) is 18.2 Å². The van der Waals surface area contributed by atoms with Crippen molar-refractivity contribution < 1.29 is 18.3 Å². The number of rotatable bonds is 12. The monoisotopic (exact) mass is 562 g/mol. The second kappa shape index (κ2) is 12.2. The van der Waals surface area contributed by atoms with E-state index >= 15 is 0 Å². The fourth-order valence-corrected chi connectivity index (χ4v) is 6.71. The second-order valence-electron chi connectivity index (χ2n) is 10.8. The molecule has 0 radical (unpaired) electrons. The topological polar surface area (TPSA) is 125 Å². The smallest absolute Gasteiger partial charge is 0.296 e. The van der Waals surface area contributed by atoms with E-state index in [4.69, 9.17) is 5.14 Å². The van der Waals surface area contributed by atoms with Gasteiger partial charge in [-0.15, -0.1) is 0 Å². The standard InChI is InChI=1S/C28H42N4O4S2/c1-7-13-32-20(16-37-8-2)14-22-18(3)25(31-38(29,35)36)19(4)23(26(22)32)15-28(5,6)17-30-27(34)21-11-9-10-12-24(21)33/h9-12,20,31,33H,7-8,13-17H2,1-6H3,(H,30,34)(H2,29,35,36). The molecule has 2 aromatic rings. The Hall–Kier alpha value is -2.43. The number of amides is 1. The van der Waals surface area contributed by atoms with Crippen molar-refractivity contribution in [2.75, 3.05) is 34.2 Å². The maximum absolute atomic E-state index is 12.8. The molecule has 1 heterocycles. The molecule has 0 spiro atoms. The van der Waals surface area contributed by atoms with Crippen molar-refractivity contribution in [2.24, 2.45) is 10.6 Å². The molecule has 1 atom stereocenters. The van der Waals surface area contributed by atoms with Crippen LogP contribution in [0.15, 0.2) is 24.3 Å². The number of para-hydroxylation sites is 1. The highest BCUT2D eigenvalue weighted by Gasteiger charge is 2.36. The minimum absolute atomic E-state index is 0.0556. The highest BCUT2D eigenvalue weighted by molar-refractivity contribution is 7.99. The number of fused-ring (bicyclic) bond motifs is 1. The lowest BCUT2D eigenvalue weighted by molar-refractivity contribution is 0.0933. The molecule has 0 saturated carbocycles. The Morgan fingerprint density at radius 3 is 2.50 bits per heavy atom. The molecule has 0 saturated heterocycles. The van der Waals surface area contributed by atoms with Gasteiger partial charge in [-0.05, 0) is 78.7 Å². The molecule has 1 amide bonds. The first-order valence-electron chi connectivity index (χ1n) is 13.2. The average molecular weight is 563 g/mol. The Labute approximate surface area is 231 Å². The summed E-state index contributed by atoms with van der Waals surface area (Å²) in [7, 11) is -3.96. The van der Waals surface area contributed by atoms with Crippen molar-refractivity contribution in [1.29, 1.82) is 0 Å². The number of thioether (sulfide) groups is 1. The Morgan fingerprint density at radius 2 is 1.89 bits per heavy atom. The largest absolute Gasteiger partial charge is 0.507 e. The number of anilines is 2. The Balaban J connectivity index is 2.02. The van der Waals surface area contributed by atoms with Gasteiger partial charge in [0.15, 0.2) is 0 Å². The van der Waals surface area contributed by atoms with Crippen molar-refractivity contribution in [3.05, 3.63) is 52.1 Å². The van der Waals surface area contributed by atoms with Crippen LogP contribution in [0.3, 0.4) is 0 Å². The number of phenols is 1. The van der Waals surface area contributed by atoms with E-state index in [0.29, 0.717) is 24.7 Å². The lowest BCUT2D eigenvalue weighted by Gasteiger charge is -2.33. The summed E-state index contributed by atoms with van der Waals surface area (Å²) in [4.78, 5) is 15.3. The van der Waals surface area contributed by atoms with Gasteiger partial charge in [-0.1, -0.05) is 39.8 Å². The molecule has 1 aliphatic rings. The van der Waals surface area contributed by atoms with Crippen LogP contribution in [0.2, 0.25) is 0 Å². The zero-order valence-corrected chi connectivity index (χ0v) is 25.0. The summed E-state index contributed by atoms with van der Waals surface area (Å²) in [6.07, 6.45) is 2.47. The SMILES string of the molecule is CCCN1c2c(c(C)c(NS(N)(=O)=O)c(C)c2CC(C)(C)CNC(=O)c2ccccc2O)CC1CSCC. The van der Waals surface area contributed by atoms with E-state index in [2.05, 4.69) is 42.6 Å². The normalized spacial score (nSPS) is 15.4. The van der Waals surface area contributed by atoms with E-state index in [-0.39, 0.29) is 22.6 Å². The molecule has 210 valence electrons. The van der Waals surface area contributed by atoms with E-state index in [1.165, 1.54) is 17.3 Å². The summed E-state index contributed by atoms with van der Waals surface area (Å²) < 4.78 is 26.8. The molecule has 0 fully saturated rings. The van der Waals surface area contributed by atoms with Crippen LogP contribution in [-0.4, -0.2) is 50.1 Å². The summed E-state index contributed by atoms with van der Waals surface area (Å²) in [5.74, 6) is 1.66. The highest BCUT2D eigenvalue weighted by atomic mass is 32.2. The molecule has 38 heavy (non-hydrogen) atoms. The third-order valence-corrected chi connectivity index (χ3v) is 8.67. The van der Waals surface area contributed by atoms with E-state index in [0.717, 1.165) is 47.6 Å². The number of aromatic hydroxyl groups is 1. The van der Waals surface area contributed by atoms with Gasteiger partial charge in [0.1, 0.15) is 5.75 Å². The summed E-state index contributed by atoms with van der Waals surface area (Å²) in [6.45, 7) is 13.7.